The van der Waals surface area contributed by atoms with Gasteiger partial charge in [0, 0.05) is 5.56 Å². The van der Waals surface area contributed by atoms with Crippen molar-refractivity contribution in [3.05, 3.63) is 59.7 Å². The van der Waals surface area contributed by atoms with Crippen LogP contribution in [0.4, 0.5) is 10.5 Å². The summed E-state index contributed by atoms with van der Waals surface area (Å²) in [6.45, 7) is 0. The Kier molecular flexibility index (Phi) is 2.83. The Bertz CT molecular complexity index is 610. The smallest absolute Gasteiger partial charge is 0.412 e. The van der Waals surface area contributed by atoms with Gasteiger partial charge in [-0.15, -0.1) is 0 Å². The molecule has 1 atom stereocenters. The van der Waals surface area contributed by atoms with E-state index in [0.717, 1.165) is 22.6 Å². The van der Waals surface area contributed by atoms with Crippen LogP contribution < -0.4 is 10.1 Å². The summed E-state index contributed by atoms with van der Waals surface area (Å²) in [5, 5.41) is 2.69. The third kappa shape index (κ3) is 2.12. The maximum atomic E-state index is 11.6. The normalized spacial score (nSPS) is 17.1. The number of carbonyl (C=O) groups excluding carboxylic acids is 1. The lowest BCUT2D eigenvalue weighted by Gasteiger charge is -2.26. The topological polar surface area (TPSA) is 47.6 Å². The summed E-state index contributed by atoms with van der Waals surface area (Å²) < 4.78 is 10.6. The summed E-state index contributed by atoms with van der Waals surface area (Å²) >= 11 is 0. The third-order valence-electron chi connectivity index (χ3n) is 3.11. The molecule has 1 amide bonds. The predicted octanol–water partition coefficient (Wildman–Crippen LogP) is 3.35. The van der Waals surface area contributed by atoms with E-state index in [9.17, 15) is 4.79 Å². The first-order chi connectivity index (χ1) is 9.28. The lowest BCUT2D eigenvalue weighted by molar-refractivity contribution is 0.126. The fraction of sp³-hybridized carbons (Fsp3) is 0.133. The number of rotatable bonds is 2. The van der Waals surface area contributed by atoms with E-state index in [4.69, 9.17) is 9.47 Å². The first kappa shape index (κ1) is 11.6. The number of methoxy groups -OCH3 is 1. The molecule has 0 saturated carbocycles. The minimum Gasteiger partial charge on any atom is -0.497 e. The Morgan fingerprint density at radius 3 is 2.68 bits per heavy atom. The SMILES string of the molecule is COc1ccc2c(c1)C(c1ccccc1)OC(=O)N2. The molecule has 0 radical (unpaired) electrons. The van der Waals surface area contributed by atoms with E-state index in [0.29, 0.717) is 0 Å². The zero-order valence-corrected chi connectivity index (χ0v) is 10.4. The maximum absolute atomic E-state index is 11.6. The van der Waals surface area contributed by atoms with E-state index in [-0.39, 0.29) is 0 Å². The quantitative estimate of drug-likeness (QED) is 0.895. The number of nitrogens with one attached hydrogen (secondary N) is 1. The zero-order valence-electron chi connectivity index (χ0n) is 10.4. The van der Waals surface area contributed by atoms with Crippen LogP contribution in [0.3, 0.4) is 0 Å². The van der Waals surface area contributed by atoms with Crippen molar-refractivity contribution in [2.24, 2.45) is 0 Å². The van der Waals surface area contributed by atoms with Crippen LogP contribution in [0, 0.1) is 0 Å². The van der Waals surface area contributed by atoms with Crippen LogP contribution in [-0.2, 0) is 4.74 Å². The third-order valence-corrected chi connectivity index (χ3v) is 3.11. The second kappa shape index (κ2) is 4.65. The molecule has 19 heavy (non-hydrogen) atoms. The van der Waals surface area contributed by atoms with Gasteiger partial charge < -0.3 is 9.47 Å². The molecular formula is C15H13NO3. The van der Waals surface area contributed by atoms with E-state index >= 15 is 0 Å². The summed E-state index contributed by atoms with van der Waals surface area (Å²) in [6.07, 6.45) is -0.841. The van der Waals surface area contributed by atoms with E-state index < -0.39 is 12.2 Å². The van der Waals surface area contributed by atoms with Gasteiger partial charge in [-0.1, -0.05) is 30.3 Å². The van der Waals surface area contributed by atoms with Crippen molar-refractivity contribution in [1.82, 2.24) is 0 Å². The summed E-state index contributed by atoms with van der Waals surface area (Å²) in [4.78, 5) is 11.6. The molecule has 4 heteroatoms. The molecule has 0 aliphatic carbocycles. The summed E-state index contributed by atoms with van der Waals surface area (Å²) in [7, 11) is 1.61. The second-order valence-corrected chi connectivity index (χ2v) is 4.27. The molecule has 96 valence electrons. The average Bonchev–Trinajstić information content (AvgIpc) is 2.47. The van der Waals surface area contributed by atoms with Gasteiger partial charge in [0.1, 0.15) is 5.75 Å². The maximum Gasteiger partial charge on any atom is 0.412 e. The Labute approximate surface area is 111 Å². The van der Waals surface area contributed by atoms with Crippen molar-refractivity contribution in [2.45, 2.75) is 6.10 Å². The molecule has 1 N–H and O–H groups in total. The van der Waals surface area contributed by atoms with Crippen molar-refractivity contribution in [2.75, 3.05) is 12.4 Å². The molecule has 1 unspecified atom stereocenters. The molecule has 2 aromatic carbocycles. The van der Waals surface area contributed by atoms with Crippen molar-refractivity contribution >= 4 is 11.8 Å². The van der Waals surface area contributed by atoms with Gasteiger partial charge in [-0.25, -0.2) is 4.79 Å². The highest BCUT2D eigenvalue weighted by Crippen LogP contribution is 2.37. The van der Waals surface area contributed by atoms with Gasteiger partial charge in [-0.2, -0.15) is 0 Å². The van der Waals surface area contributed by atoms with Gasteiger partial charge in [0.2, 0.25) is 0 Å². The molecule has 0 spiro atoms. The van der Waals surface area contributed by atoms with Crippen LogP contribution in [0.15, 0.2) is 48.5 Å². The van der Waals surface area contributed by atoms with Crippen LogP contribution in [0.5, 0.6) is 5.75 Å². The molecular weight excluding hydrogens is 242 g/mol. The van der Waals surface area contributed by atoms with Crippen LogP contribution in [0.25, 0.3) is 0 Å². The van der Waals surface area contributed by atoms with Gasteiger partial charge in [-0.3, -0.25) is 5.32 Å². The van der Waals surface area contributed by atoms with Gasteiger partial charge in [0.25, 0.3) is 0 Å². The molecule has 2 aromatic rings. The summed E-state index contributed by atoms with van der Waals surface area (Å²) in [5.74, 6) is 0.736. The largest absolute Gasteiger partial charge is 0.497 e. The van der Waals surface area contributed by atoms with Crippen LogP contribution in [0.1, 0.15) is 17.2 Å². The fourth-order valence-electron chi connectivity index (χ4n) is 2.18. The monoisotopic (exact) mass is 255 g/mol. The van der Waals surface area contributed by atoms with E-state index in [1.807, 2.05) is 48.5 Å². The molecule has 1 aliphatic rings. The summed E-state index contributed by atoms with van der Waals surface area (Å²) in [6, 6.07) is 15.2. The first-order valence-electron chi connectivity index (χ1n) is 5.98. The minimum absolute atomic E-state index is 0.403. The molecule has 0 aromatic heterocycles. The number of carbonyl (C=O) groups is 1. The molecule has 1 aliphatic heterocycles. The number of amides is 1. The highest BCUT2D eigenvalue weighted by atomic mass is 16.6. The fourth-order valence-corrected chi connectivity index (χ4v) is 2.18. The Hall–Kier alpha value is -2.49. The predicted molar refractivity (Wildman–Crippen MR) is 71.4 cm³/mol. The number of ether oxygens (including phenoxy) is 2. The number of benzene rings is 2. The Balaban J connectivity index is 2.10. The number of hydrogen-bond acceptors (Lipinski definition) is 3. The molecule has 3 rings (SSSR count). The van der Waals surface area contributed by atoms with Crippen molar-refractivity contribution < 1.29 is 14.3 Å². The minimum atomic E-state index is -0.438. The number of cyclic esters (lactones) is 1. The molecule has 0 bridgehead atoms. The van der Waals surface area contributed by atoms with Gasteiger partial charge in [-0.05, 0) is 23.8 Å². The Morgan fingerprint density at radius 1 is 1.16 bits per heavy atom. The molecule has 0 saturated heterocycles. The number of hydrogen-bond donors (Lipinski definition) is 1. The second-order valence-electron chi connectivity index (χ2n) is 4.27. The van der Waals surface area contributed by atoms with Crippen molar-refractivity contribution in [3.8, 4) is 5.75 Å². The molecule has 1 heterocycles. The molecule has 4 nitrogen and oxygen atoms in total. The average molecular weight is 255 g/mol. The van der Waals surface area contributed by atoms with Gasteiger partial charge in [0.05, 0.1) is 12.8 Å². The summed E-state index contributed by atoms with van der Waals surface area (Å²) in [5.41, 5.74) is 2.59. The number of anilines is 1. The standard InChI is InChI=1S/C15H13NO3/c1-18-11-7-8-13-12(9-11)14(19-15(17)16-13)10-5-3-2-4-6-10/h2-9,14H,1H3,(H,16,17). The van der Waals surface area contributed by atoms with Crippen molar-refractivity contribution in [3.63, 3.8) is 0 Å². The van der Waals surface area contributed by atoms with E-state index in [2.05, 4.69) is 5.32 Å². The van der Waals surface area contributed by atoms with Crippen molar-refractivity contribution in [1.29, 1.82) is 0 Å². The molecule has 0 fully saturated rings. The van der Waals surface area contributed by atoms with E-state index in [1.165, 1.54) is 0 Å². The lowest BCUT2D eigenvalue weighted by Crippen LogP contribution is -2.25. The van der Waals surface area contributed by atoms with Crippen LogP contribution >= 0.6 is 0 Å². The highest BCUT2D eigenvalue weighted by molar-refractivity contribution is 5.88. The number of fused-ring (bicyclic) bond motifs is 1. The van der Waals surface area contributed by atoms with Crippen LogP contribution in [-0.4, -0.2) is 13.2 Å². The highest BCUT2D eigenvalue weighted by Gasteiger charge is 2.27. The van der Waals surface area contributed by atoms with Gasteiger partial charge >= 0.3 is 6.09 Å². The van der Waals surface area contributed by atoms with Gasteiger partial charge in [0.15, 0.2) is 6.10 Å². The van der Waals surface area contributed by atoms with E-state index in [1.54, 1.807) is 7.11 Å². The Morgan fingerprint density at radius 2 is 1.95 bits per heavy atom. The zero-order chi connectivity index (χ0) is 13.2. The first-order valence-corrected chi connectivity index (χ1v) is 5.98. The lowest BCUT2D eigenvalue weighted by atomic mass is 9.98. The van der Waals surface area contributed by atoms with Crippen LogP contribution in [0.2, 0.25) is 0 Å².